The molecule has 2 aliphatic heterocycles. The Balaban J connectivity index is 2.00. The lowest BCUT2D eigenvalue weighted by Gasteiger charge is -2.39. The lowest BCUT2D eigenvalue weighted by Crippen LogP contribution is -2.49. The van der Waals surface area contributed by atoms with Crippen molar-refractivity contribution in [2.75, 3.05) is 0 Å². The molecule has 0 saturated carbocycles. The molecule has 98 valence electrons. The minimum Gasteiger partial charge on any atom is -0.335 e. The molecule has 2 aliphatic rings. The van der Waals surface area contributed by atoms with Crippen molar-refractivity contribution in [3.05, 3.63) is 0 Å². The summed E-state index contributed by atoms with van der Waals surface area (Å²) in [7, 11) is 0. The van der Waals surface area contributed by atoms with E-state index >= 15 is 0 Å². The highest BCUT2D eigenvalue weighted by Crippen LogP contribution is 2.41. The Kier molecular flexibility index (Phi) is 3.91. The highest BCUT2D eigenvalue weighted by molar-refractivity contribution is 6.30. The van der Waals surface area contributed by atoms with Crippen LogP contribution in [0, 0.1) is 5.92 Å². The normalized spacial score (nSPS) is 34.2. The summed E-state index contributed by atoms with van der Waals surface area (Å²) in [5.74, 6) is 0.0387. The summed E-state index contributed by atoms with van der Waals surface area (Å²) in [6.45, 7) is 1.68. The second-order valence-corrected chi connectivity index (χ2v) is 5.87. The molecule has 2 bridgehead atoms. The predicted octanol–water partition coefficient (Wildman–Crippen LogP) is 3.04. The summed E-state index contributed by atoms with van der Waals surface area (Å²) < 4.78 is 24.8. The van der Waals surface area contributed by atoms with Gasteiger partial charge in [0, 0.05) is 18.5 Å². The van der Waals surface area contributed by atoms with Crippen LogP contribution >= 0.6 is 11.6 Å². The molecular weight excluding hydrogens is 248 g/mol. The summed E-state index contributed by atoms with van der Waals surface area (Å²) in [6, 6.07) is 0.289. The van der Waals surface area contributed by atoms with E-state index in [2.05, 4.69) is 0 Å². The fraction of sp³-hybridized carbons (Fsp3) is 0.917. The van der Waals surface area contributed by atoms with Gasteiger partial charge in [-0.05, 0) is 38.5 Å². The zero-order valence-electron chi connectivity index (χ0n) is 9.91. The topological polar surface area (TPSA) is 20.3 Å². The summed E-state index contributed by atoms with van der Waals surface area (Å²) >= 11 is 5.83. The molecule has 0 aromatic heterocycles. The van der Waals surface area contributed by atoms with Crippen molar-refractivity contribution in [1.29, 1.82) is 0 Å². The van der Waals surface area contributed by atoms with Gasteiger partial charge < -0.3 is 4.90 Å². The highest BCUT2D eigenvalue weighted by atomic mass is 35.5. The Morgan fingerprint density at radius 2 is 1.88 bits per heavy atom. The average Bonchev–Trinajstić information content (AvgIpc) is 2.48. The van der Waals surface area contributed by atoms with E-state index in [1.54, 1.807) is 6.92 Å². The van der Waals surface area contributed by atoms with Crippen molar-refractivity contribution in [1.82, 2.24) is 4.90 Å². The van der Waals surface area contributed by atoms with Crippen LogP contribution in [-0.2, 0) is 4.79 Å². The van der Waals surface area contributed by atoms with Crippen LogP contribution in [0.3, 0.4) is 0 Å². The van der Waals surface area contributed by atoms with Crippen LogP contribution in [0.1, 0.15) is 39.0 Å². The van der Waals surface area contributed by atoms with Crippen LogP contribution in [0.2, 0.25) is 0 Å². The van der Waals surface area contributed by atoms with E-state index in [-0.39, 0.29) is 30.3 Å². The predicted molar refractivity (Wildman–Crippen MR) is 62.3 cm³/mol. The molecule has 0 aromatic carbocycles. The third kappa shape index (κ3) is 2.72. The second kappa shape index (κ2) is 5.09. The fourth-order valence-electron chi connectivity index (χ4n) is 3.30. The van der Waals surface area contributed by atoms with Crippen molar-refractivity contribution in [3.63, 3.8) is 0 Å². The van der Waals surface area contributed by atoms with Gasteiger partial charge in [-0.25, -0.2) is 8.78 Å². The number of carbonyl (C=O) groups excluding carboxylic acids is 1. The largest absolute Gasteiger partial charge is 0.335 e. The van der Waals surface area contributed by atoms with Gasteiger partial charge in [0.1, 0.15) is 5.38 Å². The number of amides is 1. The van der Waals surface area contributed by atoms with Crippen LogP contribution in [-0.4, -0.2) is 34.7 Å². The molecule has 0 N–H and O–H groups in total. The molecule has 3 unspecified atom stereocenters. The number of fused-ring (bicyclic) bond motifs is 2. The molecular formula is C12H18ClF2NO. The SMILES string of the molecule is CC(Cl)C(=O)N1C2CCC1CC(CC(F)F)C2. The van der Waals surface area contributed by atoms with E-state index in [9.17, 15) is 13.6 Å². The maximum absolute atomic E-state index is 12.4. The molecule has 3 atom stereocenters. The van der Waals surface area contributed by atoms with E-state index in [4.69, 9.17) is 11.6 Å². The lowest BCUT2D eigenvalue weighted by molar-refractivity contribution is -0.135. The van der Waals surface area contributed by atoms with Crippen LogP contribution in [0.15, 0.2) is 0 Å². The number of carbonyl (C=O) groups is 1. The Morgan fingerprint density at radius 3 is 2.29 bits per heavy atom. The molecule has 2 rings (SSSR count). The van der Waals surface area contributed by atoms with Gasteiger partial charge in [-0.15, -0.1) is 11.6 Å². The second-order valence-electron chi connectivity index (χ2n) is 5.21. The third-order valence-corrected chi connectivity index (χ3v) is 4.12. The van der Waals surface area contributed by atoms with Crippen LogP contribution in [0.25, 0.3) is 0 Å². The fourth-order valence-corrected chi connectivity index (χ4v) is 3.41. The monoisotopic (exact) mass is 265 g/mol. The van der Waals surface area contributed by atoms with Crippen molar-refractivity contribution in [3.8, 4) is 0 Å². The number of halogens is 3. The van der Waals surface area contributed by atoms with E-state index in [1.807, 2.05) is 4.90 Å². The number of alkyl halides is 3. The number of hydrogen-bond acceptors (Lipinski definition) is 1. The third-order valence-electron chi connectivity index (χ3n) is 3.94. The molecule has 5 heteroatoms. The van der Waals surface area contributed by atoms with Gasteiger partial charge in [0.2, 0.25) is 12.3 Å². The Labute approximate surface area is 105 Å². The molecule has 2 fully saturated rings. The van der Waals surface area contributed by atoms with Gasteiger partial charge in [0.05, 0.1) is 0 Å². The number of piperidine rings is 1. The molecule has 0 spiro atoms. The van der Waals surface area contributed by atoms with Crippen LogP contribution in [0.5, 0.6) is 0 Å². The lowest BCUT2D eigenvalue weighted by atomic mass is 9.88. The quantitative estimate of drug-likeness (QED) is 0.719. The summed E-state index contributed by atoms with van der Waals surface area (Å²) in [5, 5.41) is -0.509. The zero-order chi connectivity index (χ0) is 12.6. The van der Waals surface area contributed by atoms with Crippen molar-refractivity contribution in [2.45, 2.75) is 62.9 Å². The highest BCUT2D eigenvalue weighted by Gasteiger charge is 2.44. The van der Waals surface area contributed by atoms with E-state index in [0.29, 0.717) is 0 Å². The Bertz CT molecular complexity index is 284. The van der Waals surface area contributed by atoms with Crippen LogP contribution < -0.4 is 0 Å². The first-order valence-corrected chi connectivity index (χ1v) is 6.67. The van der Waals surface area contributed by atoms with Crippen molar-refractivity contribution in [2.24, 2.45) is 5.92 Å². The molecule has 2 saturated heterocycles. The Hall–Kier alpha value is -0.380. The number of rotatable bonds is 3. The first kappa shape index (κ1) is 13.1. The molecule has 0 aromatic rings. The summed E-state index contributed by atoms with van der Waals surface area (Å²) in [6.07, 6.45) is 1.07. The van der Waals surface area contributed by atoms with Gasteiger partial charge >= 0.3 is 0 Å². The molecule has 0 aliphatic carbocycles. The minimum atomic E-state index is -2.23. The minimum absolute atomic E-state index is 0.0224. The van der Waals surface area contributed by atoms with Gasteiger partial charge in [-0.1, -0.05) is 0 Å². The van der Waals surface area contributed by atoms with E-state index in [1.165, 1.54) is 0 Å². The molecule has 17 heavy (non-hydrogen) atoms. The van der Waals surface area contributed by atoms with Crippen molar-refractivity contribution >= 4 is 17.5 Å². The van der Waals surface area contributed by atoms with Crippen molar-refractivity contribution < 1.29 is 13.6 Å². The number of nitrogens with zero attached hydrogens (tertiary/aromatic N) is 1. The first-order chi connectivity index (χ1) is 7.99. The van der Waals surface area contributed by atoms with Gasteiger partial charge in [-0.2, -0.15) is 0 Å². The standard InChI is InChI=1S/C12H18ClF2NO/c1-7(13)12(17)16-9-2-3-10(16)5-8(4-9)6-11(14)15/h7-11H,2-6H2,1H3. The Morgan fingerprint density at radius 1 is 1.35 bits per heavy atom. The maximum atomic E-state index is 12.4. The maximum Gasteiger partial charge on any atom is 0.240 e. The molecule has 1 amide bonds. The molecule has 0 radical (unpaired) electrons. The van der Waals surface area contributed by atoms with Gasteiger partial charge in [0.15, 0.2) is 0 Å². The summed E-state index contributed by atoms with van der Waals surface area (Å²) in [5.41, 5.74) is 0. The molecule has 2 nitrogen and oxygen atoms in total. The summed E-state index contributed by atoms with van der Waals surface area (Å²) in [4.78, 5) is 13.8. The van der Waals surface area contributed by atoms with Crippen LogP contribution in [0.4, 0.5) is 8.78 Å². The van der Waals surface area contributed by atoms with Gasteiger partial charge in [0.25, 0.3) is 0 Å². The van der Waals surface area contributed by atoms with E-state index in [0.717, 1.165) is 25.7 Å². The smallest absolute Gasteiger partial charge is 0.240 e. The van der Waals surface area contributed by atoms with E-state index < -0.39 is 11.8 Å². The number of hydrogen-bond donors (Lipinski definition) is 0. The van der Waals surface area contributed by atoms with Gasteiger partial charge in [-0.3, -0.25) is 4.79 Å². The average molecular weight is 266 g/mol. The zero-order valence-corrected chi connectivity index (χ0v) is 10.7. The first-order valence-electron chi connectivity index (χ1n) is 6.23. The molecule has 2 heterocycles.